The molecule has 0 radical (unpaired) electrons. The number of carbonyl (C=O) groups excluding carboxylic acids is 2. The molecule has 1 fully saturated rings. The van der Waals surface area contributed by atoms with Gasteiger partial charge in [0.15, 0.2) is 6.61 Å². The van der Waals surface area contributed by atoms with Crippen LogP contribution in [0, 0.1) is 6.92 Å². The molecule has 0 bridgehead atoms. The van der Waals surface area contributed by atoms with Crippen LogP contribution in [0.15, 0.2) is 48.5 Å². The number of hydrogen-bond acceptors (Lipinski definition) is 4. The van der Waals surface area contributed by atoms with Gasteiger partial charge in [0.25, 0.3) is 0 Å². The Hall–Kier alpha value is -3.35. The van der Waals surface area contributed by atoms with Crippen molar-refractivity contribution in [2.45, 2.75) is 38.9 Å². The lowest BCUT2D eigenvalue weighted by atomic mass is 10.1. The van der Waals surface area contributed by atoms with Gasteiger partial charge >= 0.3 is 5.97 Å². The SMILES string of the molecule is Cc1ccc(CN2C(=O)CCC2C(=O)NCc2cccc(OCC(=O)O)c2)cc1. The number of rotatable bonds is 8. The van der Waals surface area contributed by atoms with Crippen LogP contribution in [0.3, 0.4) is 0 Å². The number of carboxylic acids is 1. The molecule has 0 aromatic heterocycles. The number of nitrogens with one attached hydrogen (secondary N) is 1. The van der Waals surface area contributed by atoms with Crippen LogP contribution >= 0.6 is 0 Å². The molecular weight excluding hydrogens is 372 g/mol. The number of carbonyl (C=O) groups is 3. The van der Waals surface area contributed by atoms with E-state index in [1.807, 2.05) is 37.3 Å². The predicted molar refractivity (Wildman–Crippen MR) is 106 cm³/mol. The maximum absolute atomic E-state index is 12.7. The van der Waals surface area contributed by atoms with E-state index in [1.165, 1.54) is 0 Å². The molecule has 2 amide bonds. The average molecular weight is 396 g/mol. The van der Waals surface area contributed by atoms with Crippen LogP contribution in [0.1, 0.15) is 29.5 Å². The van der Waals surface area contributed by atoms with E-state index < -0.39 is 18.6 Å². The summed E-state index contributed by atoms with van der Waals surface area (Å²) < 4.78 is 5.16. The van der Waals surface area contributed by atoms with Crippen molar-refractivity contribution in [2.24, 2.45) is 0 Å². The minimum Gasteiger partial charge on any atom is -0.482 e. The standard InChI is InChI=1S/C22H24N2O5/c1-15-5-7-16(8-6-15)13-24-19(9-10-20(24)25)22(28)23-12-17-3-2-4-18(11-17)29-14-21(26)27/h2-8,11,19H,9-10,12-14H2,1H3,(H,23,28)(H,26,27). The minimum absolute atomic E-state index is 0.0187. The summed E-state index contributed by atoms with van der Waals surface area (Å²) in [6, 6.07) is 14.3. The topological polar surface area (TPSA) is 95.9 Å². The fourth-order valence-corrected chi connectivity index (χ4v) is 3.29. The number of aliphatic carboxylic acids is 1. The third kappa shape index (κ3) is 5.57. The van der Waals surface area contributed by atoms with Crippen molar-refractivity contribution in [3.8, 4) is 5.75 Å². The summed E-state index contributed by atoms with van der Waals surface area (Å²) in [5.41, 5.74) is 2.92. The van der Waals surface area contributed by atoms with E-state index >= 15 is 0 Å². The summed E-state index contributed by atoms with van der Waals surface area (Å²) in [4.78, 5) is 37.2. The van der Waals surface area contributed by atoms with Crippen molar-refractivity contribution < 1.29 is 24.2 Å². The maximum Gasteiger partial charge on any atom is 0.341 e. The summed E-state index contributed by atoms with van der Waals surface area (Å²) in [6.07, 6.45) is 0.862. The van der Waals surface area contributed by atoms with Gasteiger partial charge in [-0.25, -0.2) is 4.79 Å². The van der Waals surface area contributed by atoms with E-state index in [2.05, 4.69) is 5.32 Å². The summed E-state index contributed by atoms with van der Waals surface area (Å²) in [5, 5.41) is 11.6. The van der Waals surface area contributed by atoms with Gasteiger partial charge in [-0.2, -0.15) is 0 Å². The van der Waals surface area contributed by atoms with Crippen LogP contribution in [0.2, 0.25) is 0 Å². The molecule has 3 rings (SSSR count). The Morgan fingerprint density at radius 1 is 1.17 bits per heavy atom. The molecule has 1 unspecified atom stereocenters. The molecule has 7 nitrogen and oxygen atoms in total. The highest BCUT2D eigenvalue weighted by Gasteiger charge is 2.35. The smallest absolute Gasteiger partial charge is 0.341 e. The molecule has 1 aliphatic rings. The monoisotopic (exact) mass is 396 g/mol. The first-order chi connectivity index (χ1) is 13.9. The highest BCUT2D eigenvalue weighted by Crippen LogP contribution is 2.22. The molecule has 0 aliphatic carbocycles. The van der Waals surface area contributed by atoms with Gasteiger partial charge < -0.3 is 20.1 Å². The average Bonchev–Trinajstić information content (AvgIpc) is 3.07. The van der Waals surface area contributed by atoms with E-state index in [9.17, 15) is 14.4 Å². The molecule has 2 aromatic carbocycles. The molecule has 152 valence electrons. The molecule has 2 N–H and O–H groups in total. The Morgan fingerprint density at radius 3 is 2.66 bits per heavy atom. The number of benzene rings is 2. The first kappa shape index (κ1) is 20.4. The minimum atomic E-state index is -1.05. The summed E-state index contributed by atoms with van der Waals surface area (Å²) in [6.45, 7) is 2.26. The van der Waals surface area contributed by atoms with Crippen molar-refractivity contribution in [1.82, 2.24) is 10.2 Å². The predicted octanol–water partition coefficient (Wildman–Crippen LogP) is 2.27. The Balaban J connectivity index is 1.59. The summed E-state index contributed by atoms with van der Waals surface area (Å²) >= 11 is 0. The number of amides is 2. The lowest BCUT2D eigenvalue weighted by molar-refractivity contribution is -0.139. The van der Waals surface area contributed by atoms with Crippen LogP contribution in [-0.4, -0.2) is 40.4 Å². The Morgan fingerprint density at radius 2 is 1.93 bits per heavy atom. The Labute approximate surface area is 169 Å². The molecule has 29 heavy (non-hydrogen) atoms. The molecule has 1 atom stereocenters. The summed E-state index contributed by atoms with van der Waals surface area (Å²) in [5.74, 6) is -0.839. The third-order valence-corrected chi connectivity index (χ3v) is 4.83. The van der Waals surface area contributed by atoms with Gasteiger partial charge in [0, 0.05) is 19.5 Å². The molecule has 2 aromatic rings. The first-order valence-corrected chi connectivity index (χ1v) is 9.48. The van der Waals surface area contributed by atoms with Gasteiger partial charge in [-0.05, 0) is 36.6 Å². The molecule has 1 saturated heterocycles. The molecular formula is C22H24N2O5. The Kier molecular flexibility index (Phi) is 6.49. The number of nitrogens with zero attached hydrogens (tertiary/aromatic N) is 1. The number of likely N-dealkylation sites (tertiary alicyclic amines) is 1. The molecule has 1 aliphatic heterocycles. The van der Waals surface area contributed by atoms with Crippen LogP contribution in [0.5, 0.6) is 5.75 Å². The van der Waals surface area contributed by atoms with E-state index in [0.717, 1.165) is 16.7 Å². The molecule has 0 spiro atoms. The molecule has 7 heteroatoms. The van der Waals surface area contributed by atoms with Crippen LogP contribution in [0.25, 0.3) is 0 Å². The number of hydrogen-bond donors (Lipinski definition) is 2. The number of ether oxygens (including phenoxy) is 1. The third-order valence-electron chi connectivity index (χ3n) is 4.83. The number of aryl methyl sites for hydroxylation is 1. The number of carboxylic acid groups (broad SMARTS) is 1. The van der Waals surface area contributed by atoms with E-state index in [1.54, 1.807) is 23.1 Å². The van der Waals surface area contributed by atoms with Crippen molar-refractivity contribution in [3.63, 3.8) is 0 Å². The van der Waals surface area contributed by atoms with Crippen LogP contribution in [0.4, 0.5) is 0 Å². The zero-order valence-electron chi connectivity index (χ0n) is 16.3. The van der Waals surface area contributed by atoms with Crippen molar-refractivity contribution in [3.05, 3.63) is 65.2 Å². The second kappa shape index (κ2) is 9.23. The van der Waals surface area contributed by atoms with Crippen LogP contribution in [-0.2, 0) is 27.5 Å². The molecule has 1 heterocycles. The normalized spacial score (nSPS) is 16.0. The fraction of sp³-hybridized carbons (Fsp3) is 0.318. The molecule has 0 saturated carbocycles. The van der Waals surface area contributed by atoms with E-state index in [4.69, 9.17) is 9.84 Å². The lowest BCUT2D eigenvalue weighted by Crippen LogP contribution is -2.44. The second-order valence-corrected chi connectivity index (χ2v) is 7.11. The van der Waals surface area contributed by atoms with Gasteiger partial charge in [0.1, 0.15) is 11.8 Å². The van der Waals surface area contributed by atoms with Gasteiger partial charge in [0.05, 0.1) is 0 Å². The summed E-state index contributed by atoms with van der Waals surface area (Å²) in [7, 11) is 0. The Bertz CT molecular complexity index is 894. The van der Waals surface area contributed by atoms with Gasteiger partial charge in [-0.15, -0.1) is 0 Å². The largest absolute Gasteiger partial charge is 0.482 e. The van der Waals surface area contributed by atoms with Gasteiger partial charge in [0.2, 0.25) is 11.8 Å². The zero-order chi connectivity index (χ0) is 20.8. The van der Waals surface area contributed by atoms with Gasteiger partial charge in [-0.1, -0.05) is 42.0 Å². The lowest BCUT2D eigenvalue weighted by Gasteiger charge is -2.24. The van der Waals surface area contributed by atoms with Crippen molar-refractivity contribution in [2.75, 3.05) is 6.61 Å². The van der Waals surface area contributed by atoms with E-state index in [-0.39, 0.29) is 18.4 Å². The quantitative estimate of drug-likeness (QED) is 0.714. The highest BCUT2D eigenvalue weighted by atomic mass is 16.5. The van der Waals surface area contributed by atoms with Crippen molar-refractivity contribution >= 4 is 17.8 Å². The highest BCUT2D eigenvalue weighted by molar-refractivity contribution is 5.90. The fourth-order valence-electron chi connectivity index (χ4n) is 3.29. The van der Waals surface area contributed by atoms with E-state index in [0.29, 0.717) is 25.1 Å². The maximum atomic E-state index is 12.7. The van der Waals surface area contributed by atoms with Crippen molar-refractivity contribution in [1.29, 1.82) is 0 Å². The zero-order valence-corrected chi connectivity index (χ0v) is 16.3. The van der Waals surface area contributed by atoms with Gasteiger partial charge in [-0.3, -0.25) is 9.59 Å². The second-order valence-electron chi connectivity index (χ2n) is 7.11. The van der Waals surface area contributed by atoms with Crippen LogP contribution < -0.4 is 10.1 Å². The first-order valence-electron chi connectivity index (χ1n) is 9.48.